The second kappa shape index (κ2) is 5.19. The van der Waals surface area contributed by atoms with E-state index in [2.05, 4.69) is 20.3 Å². The molecular formula is C11H14N4O4. The van der Waals surface area contributed by atoms with Crippen LogP contribution in [0, 0.1) is 16.0 Å². The number of aliphatic hydroxyl groups excluding tert-OH is 1. The van der Waals surface area contributed by atoms with E-state index in [1.807, 2.05) is 13.8 Å². The average molecular weight is 266 g/mol. The Morgan fingerprint density at radius 1 is 1.42 bits per heavy atom. The molecule has 2 rings (SSSR count). The smallest absolute Gasteiger partial charge is 0.300 e. The molecule has 1 heterocycles. The zero-order chi connectivity index (χ0) is 14.0. The molecule has 0 fully saturated rings. The zero-order valence-corrected chi connectivity index (χ0v) is 10.5. The molecule has 0 radical (unpaired) electrons. The molecule has 0 aliphatic heterocycles. The number of benzene rings is 1. The topological polar surface area (TPSA) is 114 Å². The summed E-state index contributed by atoms with van der Waals surface area (Å²) in [6.07, 6.45) is -0.523. The number of nitro groups is 1. The van der Waals surface area contributed by atoms with Gasteiger partial charge in [-0.1, -0.05) is 13.8 Å². The number of non-ortho nitro benzene ring substituents is 1. The molecule has 0 saturated heterocycles. The predicted molar refractivity (Wildman–Crippen MR) is 67.8 cm³/mol. The van der Waals surface area contributed by atoms with Gasteiger partial charge in [0.05, 0.1) is 16.7 Å². The average Bonchev–Trinajstić information content (AvgIpc) is 2.83. The lowest BCUT2D eigenvalue weighted by molar-refractivity contribution is -0.383. The number of anilines is 1. The number of aromatic nitrogens is 2. The lowest BCUT2D eigenvalue weighted by atomic mass is 10.1. The van der Waals surface area contributed by atoms with E-state index in [9.17, 15) is 15.2 Å². The summed E-state index contributed by atoms with van der Waals surface area (Å²) in [5, 5.41) is 30.7. The fourth-order valence-electron chi connectivity index (χ4n) is 1.59. The van der Waals surface area contributed by atoms with Gasteiger partial charge in [0.1, 0.15) is 0 Å². The third-order valence-corrected chi connectivity index (χ3v) is 2.86. The minimum absolute atomic E-state index is 0.0917. The Morgan fingerprint density at radius 2 is 2.11 bits per heavy atom. The molecule has 1 aromatic heterocycles. The van der Waals surface area contributed by atoms with Gasteiger partial charge in [-0.25, -0.2) is 4.63 Å². The maximum atomic E-state index is 10.8. The number of nitrogens with zero attached hydrogens (tertiary/aromatic N) is 3. The summed E-state index contributed by atoms with van der Waals surface area (Å²) >= 11 is 0. The van der Waals surface area contributed by atoms with Gasteiger partial charge in [0.15, 0.2) is 5.52 Å². The summed E-state index contributed by atoms with van der Waals surface area (Å²) in [5.41, 5.74) is 0.756. The molecular weight excluding hydrogens is 252 g/mol. The van der Waals surface area contributed by atoms with Crippen molar-refractivity contribution in [3.8, 4) is 0 Å². The largest absolute Gasteiger partial charge is 0.391 e. The molecule has 2 N–H and O–H groups in total. The molecule has 0 amide bonds. The second-order valence-corrected chi connectivity index (χ2v) is 4.54. The number of hydrogen-bond acceptors (Lipinski definition) is 7. The zero-order valence-electron chi connectivity index (χ0n) is 10.5. The van der Waals surface area contributed by atoms with Gasteiger partial charge in [-0.2, -0.15) is 0 Å². The molecule has 1 atom stereocenters. The van der Waals surface area contributed by atoms with Crippen molar-refractivity contribution in [1.29, 1.82) is 0 Å². The normalized spacial score (nSPS) is 12.8. The van der Waals surface area contributed by atoms with E-state index < -0.39 is 11.0 Å². The number of rotatable bonds is 5. The molecule has 19 heavy (non-hydrogen) atoms. The molecule has 8 nitrogen and oxygen atoms in total. The summed E-state index contributed by atoms with van der Waals surface area (Å²) in [5.74, 6) is 0.108. The summed E-state index contributed by atoms with van der Waals surface area (Å²) in [6, 6.07) is 2.86. The number of hydrogen-bond donors (Lipinski definition) is 2. The Kier molecular flexibility index (Phi) is 3.61. The highest BCUT2D eigenvalue weighted by Gasteiger charge is 2.20. The van der Waals surface area contributed by atoms with Crippen LogP contribution in [0.4, 0.5) is 11.4 Å². The molecule has 2 aromatic rings. The number of nitro benzene ring substituents is 1. The van der Waals surface area contributed by atoms with E-state index in [0.29, 0.717) is 12.2 Å². The quantitative estimate of drug-likeness (QED) is 0.623. The van der Waals surface area contributed by atoms with Gasteiger partial charge >= 0.3 is 5.69 Å². The van der Waals surface area contributed by atoms with Crippen molar-refractivity contribution in [2.24, 2.45) is 5.92 Å². The Hall–Kier alpha value is -2.22. The molecule has 1 unspecified atom stereocenters. The molecule has 8 heteroatoms. The van der Waals surface area contributed by atoms with Crippen LogP contribution in [0.5, 0.6) is 0 Å². The van der Waals surface area contributed by atoms with Gasteiger partial charge in [0.2, 0.25) is 5.52 Å². The summed E-state index contributed by atoms with van der Waals surface area (Å²) in [4.78, 5) is 10.3. The Bertz CT molecular complexity index is 595. The third kappa shape index (κ3) is 2.63. The van der Waals surface area contributed by atoms with Crippen LogP contribution >= 0.6 is 0 Å². The standard InChI is InChI=1S/C11H14N4O4/c1-6(2)9(16)5-12-7-3-4-8(15(17)18)11-10(7)13-19-14-11/h3-4,6,9,12,16H,5H2,1-2H3. The first-order chi connectivity index (χ1) is 9.00. The Balaban J connectivity index is 2.28. The SMILES string of the molecule is CC(C)C(O)CNc1ccc([N+](=O)[O-])c2nonc12. The second-order valence-electron chi connectivity index (χ2n) is 4.54. The Morgan fingerprint density at radius 3 is 2.74 bits per heavy atom. The van der Waals surface area contributed by atoms with Crippen molar-refractivity contribution in [2.45, 2.75) is 20.0 Å². The van der Waals surface area contributed by atoms with Crippen LogP contribution in [0.1, 0.15) is 13.8 Å². The van der Waals surface area contributed by atoms with Crippen molar-refractivity contribution < 1.29 is 14.7 Å². The van der Waals surface area contributed by atoms with Gasteiger partial charge in [0.25, 0.3) is 0 Å². The molecule has 0 aliphatic rings. The van der Waals surface area contributed by atoms with Gasteiger partial charge in [0, 0.05) is 12.6 Å². The van der Waals surface area contributed by atoms with E-state index >= 15 is 0 Å². The summed E-state index contributed by atoms with van der Waals surface area (Å²) in [6.45, 7) is 4.11. The highest BCUT2D eigenvalue weighted by molar-refractivity contribution is 5.93. The molecule has 0 saturated carbocycles. The van der Waals surface area contributed by atoms with E-state index in [1.54, 1.807) is 0 Å². The fourth-order valence-corrected chi connectivity index (χ4v) is 1.59. The van der Waals surface area contributed by atoms with Crippen molar-refractivity contribution in [2.75, 3.05) is 11.9 Å². The van der Waals surface area contributed by atoms with Gasteiger partial charge in [-0.05, 0) is 22.3 Å². The fraction of sp³-hybridized carbons (Fsp3) is 0.455. The van der Waals surface area contributed by atoms with Crippen LogP contribution in [0.15, 0.2) is 16.8 Å². The van der Waals surface area contributed by atoms with Crippen molar-refractivity contribution in [3.63, 3.8) is 0 Å². The minimum atomic E-state index is -0.542. The molecule has 1 aromatic carbocycles. The van der Waals surface area contributed by atoms with E-state index in [0.717, 1.165) is 0 Å². The monoisotopic (exact) mass is 266 g/mol. The van der Waals surface area contributed by atoms with Crippen LogP contribution in [-0.2, 0) is 0 Å². The number of aliphatic hydroxyl groups is 1. The van der Waals surface area contributed by atoms with E-state index in [1.165, 1.54) is 12.1 Å². The van der Waals surface area contributed by atoms with Crippen molar-refractivity contribution in [3.05, 3.63) is 22.2 Å². The van der Waals surface area contributed by atoms with Crippen molar-refractivity contribution >= 4 is 22.4 Å². The first kappa shape index (κ1) is 13.2. The van der Waals surface area contributed by atoms with Crippen LogP contribution in [0.2, 0.25) is 0 Å². The maximum Gasteiger partial charge on any atom is 0.300 e. The van der Waals surface area contributed by atoms with E-state index in [4.69, 9.17) is 0 Å². The molecule has 102 valence electrons. The molecule has 0 spiro atoms. The predicted octanol–water partition coefficient (Wildman–Crippen LogP) is 1.56. The summed E-state index contributed by atoms with van der Waals surface area (Å²) in [7, 11) is 0. The number of fused-ring (bicyclic) bond motifs is 1. The number of nitrogens with one attached hydrogen (secondary N) is 1. The summed E-state index contributed by atoms with van der Waals surface area (Å²) < 4.78 is 4.54. The van der Waals surface area contributed by atoms with Crippen molar-refractivity contribution in [1.82, 2.24) is 10.3 Å². The lowest BCUT2D eigenvalue weighted by Gasteiger charge is -2.15. The van der Waals surface area contributed by atoms with E-state index in [-0.39, 0.29) is 22.6 Å². The van der Waals surface area contributed by atoms with Gasteiger partial charge in [-0.3, -0.25) is 10.1 Å². The van der Waals surface area contributed by atoms with Gasteiger partial charge in [-0.15, -0.1) is 0 Å². The van der Waals surface area contributed by atoms with Crippen LogP contribution < -0.4 is 5.32 Å². The first-order valence-electron chi connectivity index (χ1n) is 5.82. The van der Waals surface area contributed by atoms with Gasteiger partial charge < -0.3 is 10.4 Å². The highest BCUT2D eigenvalue weighted by Crippen LogP contribution is 2.28. The third-order valence-electron chi connectivity index (χ3n) is 2.86. The van der Waals surface area contributed by atoms with Crippen LogP contribution in [0.25, 0.3) is 11.0 Å². The van der Waals surface area contributed by atoms with Crippen LogP contribution in [-0.4, -0.2) is 33.0 Å². The first-order valence-corrected chi connectivity index (χ1v) is 5.82. The molecule has 0 bridgehead atoms. The minimum Gasteiger partial charge on any atom is -0.391 e. The van der Waals surface area contributed by atoms with Crippen LogP contribution in [0.3, 0.4) is 0 Å². The maximum absolute atomic E-state index is 10.8. The Labute approximate surface area is 108 Å². The molecule has 0 aliphatic carbocycles. The highest BCUT2D eigenvalue weighted by atomic mass is 16.6. The lowest BCUT2D eigenvalue weighted by Crippen LogP contribution is -2.24.